The lowest BCUT2D eigenvalue weighted by Gasteiger charge is -2.07. The molecule has 7 heteroatoms. The molecule has 0 saturated heterocycles. The summed E-state index contributed by atoms with van der Waals surface area (Å²) < 4.78 is 2.36. The summed E-state index contributed by atoms with van der Waals surface area (Å²) in [5, 5.41) is 7.02. The second-order valence-corrected chi connectivity index (χ2v) is 5.37. The molecule has 2 aromatic rings. The van der Waals surface area contributed by atoms with Crippen molar-refractivity contribution in [2.24, 2.45) is 0 Å². The Morgan fingerprint density at radius 2 is 2.15 bits per heavy atom. The number of nitrogen functional groups attached to an aromatic ring is 1. The van der Waals surface area contributed by atoms with Crippen LogP contribution in [0.1, 0.15) is 17.0 Å². The highest BCUT2D eigenvalue weighted by molar-refractivity contribution is 9.10. The van der Waals surface area contributed by atoms with Crippen molar-refractivity contribution in [1.82, 2.24) is 14.8 Å². The molecular weight excluding hydrogens is 322 g/mol. The largest absolute Gasteiger partial charge is 0.396 e. The molecule has 2 heterocycles. The molecule has 20 heavy (non-hydrogen) atoms. The van der Waals surface area contributed by atoms with E-state index in [4.69, 9.17) is 5.73 Å². The molecule has 6 nitrogen and oxygen atoms in total. The van der Waals surface area contributed by atoms with E-state index in [0.29, 0.717) is 11.4 Å². The quantitative estimate of drug-likeness (QED) is 0.840. The van der Waals surface area contributed by atoms with Crippen molar-refractivity contribution in [3.63, 3.8) is 0 Å². The minimum atomic E-state index is -0.167. The molecule has 0 spiro atoms. The van der Waals surface area contributed by atoms with Crippen LogP contribution in [0.5, 0.6) is 0 Å². The van der Waals surface area contributed by atoms with Gasteiger partial charge in [-0.3, -0.25) is 9.48 Å². The Morgan fingerprint density at radius 3 is 2.70 bits per heavy atom. The van der Waals surface area contributed by atoms with Crippen LogP contribution in [0, 0.1) is 20.8 Å². The highest BCUT2D eigenvalue weighted by atomic mass is 79.9. The first-order valence-corrected chi connectivity index (χ1v) is 6.89. The predicted octanol–water partition coefficient (Wildman–Crippen LogP) is 2.19. The lowest BCUT2D eigenvalue weighted by atomic mass is 10.3. The number of carbonyl (C=O) groups excluding carboxylic acids is 1. The minimum absolute atomic E-state index is 0.124. The smallest absolute Gasteiger partial charge is 0.246 e. The summed E-state index contributed by atoms with van der Waals surface area (Å²) in [5.41, 5.74) is 9.60. The number of hydrogen-bond acceptors (Lipinski definition) is 4. The van der Waals surface area contributed by atoms with Crippen molar-refractivity contribution in [2.75, 3.05) is 11.1 Å². The summed E-state index contributed by atoms with van der Waals surface area (Å²) in [6, 6.07) is 1.85. The lowest BCUT2D eigenvalue weighted by molar-refractivity contribution is -0.116. The number of nitrogens with one attached hydrogen (secondary N) is 1. The molecule has 0 bridgehead atoms. The Hall–Kier alpha value is -1.89. The van der Waals surface area contributed by atoms with Gasteiger partial charge in [-0.05, 0) is 48.3 Å². The van der Waals surface area contributed by atoms with Crippen LogP contribution in [0.3, 0.4) is 0 Å². The molecule has 0 atom stereocenters. The van der Waals surface area contributed by atoms with E-state index in [9.17, 15) is 4.79 Å². The first kappa shape index (κ1) is 14.5. The van der Waals surface area contributed by atoms with Gasteiger partial charge in [0.15, 0.2) is 0 Å². The van der Waals surface area contributed by atoms with Gasteiger partial charge in [-0.1, -0.05) is 0 Å². The molecule has 2 rings (SSSR count). The highest BCUT2D eigenvalue weighted by Crippen LogP contribution is 2.17. The van der Waals surface area contributed by atoms with E-state index < -0.39 is 0 Å². The zero-order valence-corrected chi connectivity index (χ0v) is 13.2. The first-order chi connectivity index (χ1) is 9.38. The zero-order valence-electron chi connectivity index (χ0n) is 11.6. The summed E-state index contributed by atoms with van der Waals surface area (Å²) in [7, 11) is 0. The number of hydrogen-bond donors (Lipinski definition) is 2. The van der Waals surface area contributed by atoms with Gasteiger partial charge in [0.25, 0.3) is 0 Å². The lowest BCUT2D eigenvalue weighted by Crippen LogP contribution is -2.20. The Labute approximate surface area is 125 Å². The van der Waals surface area contributed by atoms with E-state index in [2.05, 4.69) is 31.3 Å². The van der Waals surface area contributed by atoms with Gasteiger partial charge in [0.1, 0.15) is 11.1 Å². The van der Waals surface area contributed by atoms with Gasteiger partial charge in [0.05, 0.1) is 29.0 Å². The van der Waals surface area contributed by atoms with Gasteiger partial charge >= 0.3 is 0 Å². The average molecular weight is 338 g/mol. The van der Waals surface area contributed by atoms with Crippen LogP contribution in [0.15, 0.2) is 16.9 Å². The van der Waals surface area contributed by atoms with E-state index in [0.717, 1.165) is 21.6 Å². The van der Waals surface area contributed by atoms with E-state index in [1.807, 2.05) is 26.8 Å². The molecule has 0 radical (unpaired) electrons. The number of carbonyl (C=O) groups is 1. The maximum atomic E-state index is 12.0. The van der Waals surface area contributed by atoms with Crippen LogP contribution < -0.4 is 11.1 Å². The van der Waals surface area contributed by atoms with Crippen LogP contribution in [0.4, 0.5) is 11.4 Å². The number of halogens is 1. The van der Waals surface area contributed by atoms with Crippen LogP contribution in [0.2, 0.25) is 0 Å². The normalized spacial score (nSPS) is 10.6. The summed E-state index contributed by atoms with van der Waals surface area (Å²) >= 11 is 3.32. The number of aromatic nitrogens is 3. The maximum absolute atomic E-state index is 12.0. The Bertz CT molecular complexity index is 665. The molecule has 2 aromatic heterocycles. The molecule has 106 valence electrons. The maximum Gasteiger partial charge on any atom is 0.246 e. The third-order valence-electron chi connectivity index (χ3n) is 3.03. The Morgan fingerprint density at radius 1 is 1.45 bits per heavy atom. The second-order valence-electron chi connectivity index (χ2n) is 4.62. The minimum Gasteiger partial charge on any atom is -0.396 e. The molecule has 0 aliphatic rings. The third kappa shape index (κ3) is 2.98. The fourth-order valence-electron chi connectivity index (χ4n) is 1.83. The fraction of sp³-hybridized carbons (Fsp3) is 0.308. The van der Waals surface area contributed by atoms with Crippen molar-refractivity contribution in [2.45, 2.75) is 27.3 Å². The first-order valence-electron chi connectivity index (χ1n) is 6.10. The summed E-state index contributed by atoms with van der Waals surface area (Å²) in [4.78, 5) is 16.1. The van der Waals surface area contributed by atoms with Gasteiger partial charge in [-0.15, -0.1) is 0 Å². The second kappa shape index (κ2) is 5.62. The zero-order chi connectivity index (χ0) is 14.9. The number of nitrogens with zero attached hydrogens (tertiary/aromatic N) is 3. The number of anilines is 2. The van der Waals surface area contributed by atoms with E-state index in [1.54, 1.807) is 10.9 Å². The number of nitrogens with two attached hydrogens (primary N) is 1. The predicted molar refractivity (Wildman–Crippen MR) is 81.4 cm³/mol. The monoisotopic (exact) mass is 337 g/mol. The molecule has 0 saturated carbocycles. The number of aryl methyl sites for hydroxylation is 2. The SMILES string of the molecule is Cc1cc(NC(=O)Cn2nc(C)c(N)c2C)cnc1Br. The molecule has 1 amide bonds. The van der Waals surface area contributed by atoms with Gasteiger partial charge in [0, 0.05) is 0 Å². The van der Waals surface area contributed by atoms with Crippen molar-refractivity contribution in [3.8, 4) is 0 Å². The van der Waals surface area contributed by atoms with E-state index >= 15 is 0 Å². The van der Waals surface area contributed by atoms with Crippen molar-refractivity contribution in [3.05, 3.63) is 33.8 Å². The third-order valence-corrected chi connectivity index (χ3v) is 3.86. The van der Waals surface area contributed by atoms with Crippen molar-refractivity contribution < 1.29 is 4.79 Å². The van der Waals surface area contributed by atoms with E-state index in [1.165, 1.54) is 0 Å². The summed E-state index contributed by atoms with van der Waals surface area (Å²) in [6.07, 6.45) is 1.60. The van der Waals surface area contributed by atoms with Gasteiger partial charge in [-0.25, -0.2) is 4.98 Å². The number of amides is 1. The molecule has 0 unspecified atom stereocenters. The van der Waals surface area contributed by atoms with E-state index in [-0.39, 0.29) is 12.5 Å². The molecule has 0 aromatic carbocycles. The van der Waals surface area contributed by atoms with Crippen molar-refractivity contribution in [1.29, 1.82) is 0 Å². The molecule has 3 N–H and O–H groups in total. The van der Waals surface area contributed by atoms with Crippen LogP contribution in [0.25, 0.3) is 0 Å². The Balaban J connectivity index is 2.09. The Kier molecular flexibility index (Phi) is 4.08. The van der Waals surface area contributed by atoms with Crippen LogP contribution >= 0.6 is 15.9 Å². The summed E-state index contributed by atoms with van der Waals surface area (Å²) in [6.45, 7) is 5.69. The molecule has 0 aliphatic carbocycles. The molecular formula is C13H16BrN5O. The average Bonchev–Trinajstić information content (AvgIpc) is 2.61. The summed E-state index contributed by atoms with van der Waals surface area (Å²) in [5.74, 6) is -0.167. The number of rotatable bonds is 3. The highest BCUT2D eigenvalue weighted by Gasteiger charge is 2.12. The van der Waals surface area contributed by atoms with Crippen LogP contribution in [-0.4, -0.2) is 20.7 Å². The van der Waals surface area contributed by atoms with Crippen molar-refractivity contribution >= 4 is 33.2 Å². The number of pyridine rings is 1. The van der Waals surface area contributed by atoms with Gasteiger partial charge in [-0.2, -0.15) is 5.10 Å². The topological polar surface area (TPSA) is 85.8 Å². The van der Waals surface area contributed by atoms with Gasteiger partial charge < -0.3 is 11.1 Å². The fourth-order valence-corrected chi connectivity index (χ4v) is 2.04. The van der Waals surface area contributed by atoms with Crippen LogP contribution in [-0.2, 0) is 11.3 Å². The standard InChI is InChI=1S/C13H16BrN5O/c1-7-4-10(5-16-13(7)14)17-11(20)6-19-9(3)12(15)8(2)18-19/h4-5H,6,15H2,1-3H3,(H,17,20). The molecule has 0 fully saturated rings. The van der Waals surface area contributed by atoms with Gasteiger partial charge in [0.2, 0.25) is 5.91 Å². The molecule has 0 aliphatic heterocycles.